The van der Waals surface area contributed by atoms with Gasteiger partial charge < -0.3 is 14.0 Å². The van der Waals surface area contributed by atoms with Crippen molar-refractivity contribution in [3.05, 3.63) is 41.2 Å². The van der Waals surface area contributed by atoms with Crippen LogP contribution >= 0.6 is 0 Å². The van der Waals surface area contributed by atoms with E-state index in [1.165, 1.54) is 0 Å². The number of aromatic amines is 1. The van der Waals surface area contributed by atoms with Gasteiger partial charge >= 0.3 is 11.1 Å². The monoisotopic (exact) mass is 471 g/mol. The fraction of sp³-hybridized carbons (Fsp3) is 0.480. The van der Waals surface area contributed by atoms with Crippen molar-refractivity contribution in [2.75, 3.05) is 7.11 Å². The molecule has 0 saturated carbocycles. The number of aromatic nitrogens is 3. The van der Waals surface area contributed by atoms with Gasteiger partial charge in [-0.2, -0.15) is 4.98 Å². The number of benzene rings is 1. The fourth-order valence-electron chi connectivity index (χ4n) is 4.12. The topological polar surface area (TPSA) is 100 Å². The minimum atomic E-state index is -1.42. The van der Waals surface area contributed by atoms with Crippen molar-refractivity contribution < 1.29 is 18.8 Å². The van der Waals surface area contributed by atoms with Gasteiger partial charge in [-0.25, -0.2) is 0 Å². The lowest BCUT2D eigenvalue weighted by Gasteiger charge is -2.22. The van der Waals surface area contributed by atoms with Crippen molar-refractivity contribution in [1.82, 2.24) is 15.0 Å². The highest BCUT2D eigenvalue weighted by Crippen LogP contribution is 2.28. The lowest BCUT2D eigenvalue weighted by atomic mass is 9.84. The summed E-state index contributed by atoms with van der Waals surface area (Å²) in [5.41, 5.74) is 4.00. The van der Waals surface area contributed by atoms with Crippen LogP contribution < -0.4 is 9.47 Å². The van der Waals surface area contributed by atoms with E-state index in [-0.39, 0.29) is 23.1 Å². The van der Waals surface area contributed by atoms with Crippen molar-refractivity contribution >= 4 is 28.2 Å². The van der Waals surface area contributed by atoms with E-state index in [4.69, 9.17) is 9.47 Å². The van der Waals surface area contributed by atoms with Gasteiger partial charge in [-0.1, -0.05) is 27.7 Å². The summed E-state index contributed by atoms with van der Waals surface area (Å²) >= 11 is -1.42. The molecule has 3 aromatic rings. The first-order valence-corrected chi connectivity index (χ1v) is 12.4. The number of esters is 1. The Bertz CT molecular complexity index is 1140. The van der Waals surface area contributed by atoms with Crippen LogP contribution in [0.25, 0.3) is 11.0 Å². The zero-order valence-corrected chi connectivity index (χ0v) is 21.3. The summed E-state index contributed by atoms with van der Waals surface area (Å²) in [4.78, 5) is 24.4. The van der Waals surface area contributed by atoms with Gasteiger partial charge in [0, 0.05) is 41.0 Å². The third-order valence-electron chi connectivity index (χ3n) is 5.37. The predicted octanol–water partition coefficient (Wildman–Crippen LogP) is 5.26. The number of aryl methyl sites for hydroxylation is 1. The first kappa shape index (κ1) is 25.1. The van der Waals surface area contributed by atoms with E-state index in [0.717, 1.165) is 28.8 Å². The van der Waals surface area contributed by atoms with E-state index >= 15 is 0 Å². The Hall–Kier alpha value is -2.58. The number of carbonyl (C=O) groups excluding carboxylic acids is 1. The Balaban J connectivity index is 1.70. The fourth-order valence-corrected chi connectivity index (χ4v) is 5.22. The summed E-state index contributed by atoms with van der Waals surface area (Å²) in [6.07, 6.45) is 3.02. The molecule has 3 rings (SSSR count). The molecule has 0 saturated heterocycles. The van der Waals surface area contributed by atoms with Gasteiger partial charge in [0.15, 0.2) is 5.75 Å². The molecule has 7 nitrogen and oxygen atoms in total. The number of methoxy groups -OCH3 is 1. The van der Waals surface area contributed by atoms with Crippen LogP contribution in [0.3, 0.4) is 0 Å². The summed E-state index contributed by atoms with van der Waals surface area (Å²) in [7, 11) is 1.62. The van der Waals surface area contributed by atoms with Crippen LogP contribution in [0.4, 0.5) is 0 Å². The quantitative estimate of drug-likeness (QED) is 0.273. The second-order valence-electron chi connectivity index (χ2n) is 9.81. The minimum absolute atomic E-state index is 0.164. The maximum atomic E-state index is 13.0. The van der Waals surface area contributed by atoms with Crippen LogP contribution in [-0.2, 0) is 21.7 Å². The summed E-state index contributed by atoms with van der Waals surface area (Å²) in [5.74, 6) is 1.37. The summed E-state index contributed by atoms with van der Waals surface area (Å²) in [6, 6.07) is 5.19. The summed E-state index contributed by atoms with van der Waals surface area (Å²) in [6.45, 7) is 12.4. The number of nitrogens with zero attached hydrogens (tertiary/aromatic N) is 2. The number of H-pyrrole nitrogens is 1. The molecule has 0 fully saturated rings. The van der Waals surface area contributed by atoms with E-state index in [9.17, 15) is 9.35 Å². The second kappa shape index (κ2) is 10.1. The highest BCUT2D eigenvalue weighted by molar-refractivity contribution is 7.90. The molecule has 0 aliphatic rings. The zero-order chi connectivity index (χ0) is 24.3. The van der Waals surface area contributed by atoms with E-state index < -0.39 is 11.2 Å². The molecule has 0 radical (unpaired) electrons. The smallest absolute Gasteiger partial charge is 0.322 e. The highest BCUT2D eigenvalue weighted by Gasteiger charge is 2.22. The number of ether oxygens (including phenoxy) is 2. The number of pyridine rings is 1. The van der Waals surface area contributed by atoms with Gasteiger partial charge in [0.25, 0.3) is 0 Å². The van der Waals surface area contributed by atoms with E-state index in [0.29, 0.717) is 28.5 Å². The second-order valence-corrected chi connectivity index (χ2v) is 11.2. The molecule has 0 amide bonds. The van der Waals surface area contributed by atoms with Crippen LogP contribution in [0, 0.1) is 25.2 Å². The van der Waals surface area contributed by atoms with Crippen LogP contribution in [0.5, 0.6) is 11.5 Å². The molecule has 8 heteroatoms. The number of fused-ring (bicyclic) bond motifs is 1. The zero-order valence-electron chi connectivity index (χ0n) is 20.4. The van der Waals surface area contributed by atoms with Gasteiger partial charge in [-0.15, -0.1) is 0 Å². The SMILES string of the molecule is COc1c(C)cnc(C[S+]([O-])c2nc3cc(OC(=O)CC(C)CC(C)(C)C)ccc3[nH]2)c1C. The lowest BCUT2D eigenvalue weighted by Crippen LogP contribution is -2.17. The molecule has 0 spiro atoms. The summed E-state index contributed by atoms with van der Waals surface area (Å²) in [5, 5.41) is 0.355. The number of rotatable bonds is 8. The molecule has 1 N–H and O–H groups in total. The third-order valence-corrected chi connectivity index (χ3v) is 6.53. The average molecular weight is 472 g/mol. The van der Waals surface area contributed by atoms with Gasteiger partial charge in [0.1, 0.15) is 11.5 Å². The minimum Gasteiger partial charge on any atom is -0.609 e. The van der Waals surface area contributed by atoms with Crippen LogP contribution in [0.1, 0.15) is 57.4 Å². The number of imidazole rings is 1. The molecular weight excluding hydrogens is 438 g/mol. The van der Waals surface area contributed by atoms with Crippen LogP contribution in [0.2, 0.25) is 0 Å². The molecule has 0 aliphatic heterocycles. The maximum Gasteiger partial charge on any atom is 0.322 e. The standard InChI is InChI=1S/C25H33N3O4S/c1-15(12-25(4,5)6)10-22(29)32-18-8-9-19-20(11-18)28-24(27-19)33(30)14-21-17(3)23(31-7)16(2)13-26-21/h8-9,11,13,15H,10,12,14H2,1-7H3,(H,27,28). The molecule has 2 atom stereocenters. The molecule has 0 bridgehead atoms. The van der Waals surface area contributed by atoms with E-state index in [1.54, 1.807) is 31.5 Å². The molecular formula is C25H33N3O4S. The largest absolute Gasteiger partial charge is 0.609 e. The van der Waals surface area contributed by atoms with Crippen molar-refractivity contribution in [3.8, 4) is 11.5 Å². The normalized spacial score (nSPS) is 13.7. The summed E-state index contributed by atoms with van der Waals surface area (Å²) < 4.78 is 23.9. The molecule has 2 aromatic heterocycles. The van der Waals surface area contributed by atoms with Crippen molar-refractivity contribution in [3.63, 3.8) is 0 Å². The van der Waals surface area contributed by atoms with Gasteiger partial charge in [0.2, 0.25) is 0 Å². The van der Waals surface area contributed by atoms with Crippen LogP contribution in [-0.4, -0.2) is 32.6 Å². The van der Waals surface area contributed by atoms with Crippen molar-refractivity contribution in [1.29, 1.82) is 0 Å². The van der Waals surface area contributed by atoms with Crippen molar-refractivity contribution in [2.24, 2.45) is 11.3 Å². The van der Waals surface area contributed by atoms with E-state index in [2.05, 4.69) is 42.6 Å². The molecule has 1 aromatic carbocycles. The maximum absolute atomic E-state index is 13.0. The predicted molar refractivity (Wildman–Crippen MR) is 130 cm³/mol. The number of hydrogen-bond acceptors (Lipinski definition) is 6. The number of hydrogen-bond donors (Lipinski definition) is 1. The molecule has 33 heavy (non-hydrogen) atoms. The van der Waals surface area contributed by atoms with Gasteiger partial charge in [-0.05, 0) is 43.7 Å². The Labute approximate surface area is 198 Å². The Morgan fingerprint density at radius 2 is 2.00 bits per heavy atom. The van der Waals surface area contributed by atoms with Crippen LogP contribution in [0.15, 0.2) is 29.6 Å². The lowest BCUT2D eigenvalue weighted by molar-refractivity contribution is -0.135. The molecule has 2 heterocycles. The van der Waals surface area contributed by atoms with Crippen molar-refractivity contribution in [2.45, 2.75) is 65.3 Å². The highest BCUT2D eigenvalue weighted by atomic mass is 32.2. The number of nitrogens with one attached hydrogen (secondary N) is 1. The first-order valence-electron chi connectivity index (χ1n) is 11.0. The van der Waals surface area contributed by atoms with E-state index in [1.807, 2.05) is 13.8 Å². The Morgan fingerprint density at radius 1 is 1.27 bits per heavy atom. The first-order chi connectivity index (χ1) is 15.5. The molecule has 2 unspecified atom stereocenters. The van der Waals surface area contributed by atoms with Gasteiger partial charge in [-0.3, -0.25) is 14.8 Å². The molecule has 0 aliphatic carbocycles. The third kappa shape index (κ3) is 6.48. The Kier molecular flexibility index (Phi) is 7.69. The average Bonchev–Trinajstić information content (AvgIpc) is 3.12. The Morgan fingerprint density at radius 3 is 2.67 bits per heavy atom. The number of carbonyl (C=O) groups is 1. The van der Waals surface area contributed by atoms with Gasteiger partial charge in [0.05, 0.1) is 23.8 Å². The molecule has 178 valence electrons.